The summed E-state index contributed by atoms with van der Waals surface area (Å²) in [6, 6.07) is 9.83. The van der Waals surface area contributed by atoms with E-state index in [1.807, 2.05) is 45.0 Å². The quantitative estimate of drug-likeness (QED) is 0.916. The van der Waals surface area contributed by atoms with E-state index in [9.17, 15) is 0 Å². The third kappa shape index (κ3) is 3.95. The van der Waals surface area contributed by atoms with Crippen LogP contribution in [0.1, 0.15) is 35.5 Å². The van der Waals surface area contributed by atoms with Crippen LogP contribution >= 0.6 is 0 Å². The number of methoxy groups -OCH3 is 1. The van der Waals surface area contributed by atoms with E-state index in [2.05, 4.69) is 11.1 Å². The number of nitrogens with zero attached hydrogens (tertiary/aromatic N) is 1. The largest absolute Gasteiger partial charge is 0.497 e. The molecule has 0 aliphatic heterocycles. The lowest BCUT2D eigenvalue weighted by Crippen LogP contribution is -2.06. The van der Waals surface area contributed by atoms with Crippen LogP contribution in [0, 0.1) is 13.8 Å². The first-order valence-electron chi connectivity index (χ1n) is 7.00. The van der Waals surface area contributed by atoms with Gasteiger partial charge in [0.2, 0.25) is 0 Å². The van der Waals surface area contributed by atoms with Gasteiger partial charge in [-0.25, -0.2) is 0 Å². The molecule has 2 N–H and O–H groups in total. The van der Waals surface area contributed by atoms with Gasteiger partial charge >= 0.3 is 0 Å². The molecule has 0 bridgehead atoms. The van der Waals surface area contributed by atoms with Crippen LogP contribution in [0.5, 0.6) is 11.5 Å². The minimum absolute atomic E-state index is 0.0282. The number of nitrogens with two attached hydrogens (primary N) is 1. The number of rotatable bonds is 5. The Hall–Kier alpha value is -2.07. The zero-order chi connectivity index (χ0) is 15.4. The molecule has 1 aromatic heterocycles. The molecule has 1 heterocycles. The topological polar surface area (TPSA) is 57.4 Å². The lowest BCUT2D eigenvalue weighted by Gasteiger charge is -2.13. The predicted molar refractivity (Wildman–Crippen MR) is 83.6 cm³/mol. The average Bonchev–Trinajstić information content (AvgIpc) is 2.45. The highest BCUT2D eigenvalue weighted by Crippen LogP contribution is 2.23. The van der Waals surface area contributed by atoms with Gasteiger partial charge in [0.05, 0.1) is 12.8 Å². The van der Waals surface area contributed by atoms with E-state index in [-0.39, 0.29) is 6.04 Å². The van der Waals surface area contributed by atoms with Crippen LogP contribution in [-0.4, -0.2) is 12.1 Å². The normalized spacial score (nSPS) is 12.0. The molecular formula is C17H22N2O2. The second kappa shape index (κ2) is 6.59. The van der Waals surface area contributed by atoms with Crippen LogP contribution in [0.4, 0.5) is 0 Å². The minimum atomic E-state index is 0.0282. The monoisotopic (exact) mass is 286 g/mol. The smallest absolute Gasteiger partial charge is 0.130 e. The van der Waals surface area contributed by atoms with Crippen molar-refractivity contribution in [1.29, 1.82) is 0 Å². The number of pyridine rings is 1. The average molecular weight is 286 g/mol. The van der Waals surface area contributed by atoms with Gasteiger partial charge in [0.25, 0.3) is 0 Å². The maximum atomic E-state index is 5.88. The van der Waals surface area contributed by atoms with Crippen LogP contribution < -0.4 is 15.2 Å². The van der Waals surface area contributed by atoms with E-state index in [1.54, 1.807) is 7.11 Å². The molecule has 0 saturated heterocycles. The second-order valence-electron chi connectivity index (χ2n) is 5.24. The van der Waals surface area contributed by atoms with Crippen LogP contribution in [0.2, 0.25) is 0 Å². The summed E-state index contributed by atoms with van der Waals surface area (Å²) in [6.45, 7) is 6.34. The summed E-state index contributed by atoms with van der Waals surface area (Å²) in [5.41, 5.74) is 9.83. The minimum Gasteiger partial charge on any atom is -0.497 e. The summed E-state index contributed by atoms with van der Waals surface area (Å²) in [5.74, 6) is 1.65. The molecule has 0 amide bonds. The molecule has 112 valence electrons. The molecule has 4 heteroatoms. The van der Waals surface area contributed by atoms with Crippen LogP contribution in [0.3, 0.4) is 0 Å². The van der Waals surface area contributed by atoms with E-state index in [1.165, 1.54) is 0 Å². The first-order valence-corrected chi connectivity index (χ1v) is 7.00. The number of aromatic nitrogens is 1. The Labute approximate surface area is 125 Å². The van der Waals surface area contributed by atoms with Crippen LogP contribution in [0.15, 0.2) is 30.3 Å². The Morgan fingerprint density at radius 3 is 2.57 bits per heavy atom. The molecule has 0 saturated carbocycles. The zero-order valence-corrected chi connectivity index (χ0v) is 13.0. The molecule has 0 aliphatic carbocycles. The van der Waals surface area contributed by atoms with Crippen molar-refractivity contribution >= 4 is 0 Å². The summed E-state index contributed by atoms with van der Waals surface area (Å²) < 4.78 is 11.1. The lowest BCUT2D eigenvalue weighted by molar-refractivity contribution is 0.297. The van der Waals surface area contributed by atoms with Crippen LogP contribution in [0.25, 0.3) is 0 Å². The summed E-state index contributed by atoms with van der Waals surface area (Å²) in [4.78, 5) is 4.45. The summed E-state index contributed by atoms with van der Waals surface area (Å²) in [5, 5.41) is 0. The fourth-order valence-electron chi connectivity index (χ4n) is 2.16. The SMILES string of the molecule is COc1cc(C)nc(COc2ccc([C@@H](C)N)cc2C)c1. The maximum absolute atomic E-state index is 5.88. The third-order valence-corrected chi connectivity index (χ3v) is 3.32. The van der Waals surface area contributed by atoms with Gasteiger partial charge in [0.1, 0.15) is 18.1 Å². The fraction of sp³-hybridized carbons (Fsp3) is 0.353. The Morgan fingerprint density at radius 2 is 1.95 bits per heavy atom. The van der Waals surface area contributed by atoms with Gasteiger partial charge in [-0.1, -0.05) is 12.1 Å². The first-order chi connectivity index (χ1) is 9.99. The Morgan fingerprint density at radius 1 is 1.19 bits per heavy atom. The van der Waals surface area contributed by atoms with E-state index in [4.69, 9.17) is 15.2 Å². The van der Waals surface area contributed by atoms with Gasteiger partial charge in [-0.2, -0.15) is 0 Å². The lowest BCUT2D eigenvalue weighted by atomic mass is 10.1. The number of hydrogen-bond acceptors (Lipinski definition) is 4. The Bertz CT molecular complexity index is 624. The van der Waals surface area contributed by atoms with Crippen LogP contribution in [-0.2, 0) is 6.61 Å². The maximum Gasteiger partial charge on any atom is 0.130 e. The van der Waals surface area contributed by atoms with Gasteiger partial charge < -0.3 is 15.2 Å². The zero-order valence-electron chi connectivity index (χ0n) is 13.0. The van der Waals surface area contributed by atoms with Crippen molar-refractivity contribution in [3.05, 3.63) is 52.8 Å². The van der Waals surface area contributed by atoms with Crippen molar-refractivity contribution < 1.29 is 9.47 Å². The molecule has 1 atom stereocenters. The van der Waals surface area contributed by atoms with E-state index in [0.717, 1.165) is 34.0 Å². The highest BCUT2D eigenvalue weighted by molar-refractivity contribution is 5.37. The number of ether oxygens (including phenoxy) is 2. The first kappa shape index (κ1) is 15.3. The number of hydrogen-bond donors (Lipinski definition) is 1. The van der Waals surface area contributed by atoms with E-state index in [0.29, 0.717) is 6.61 Å². The van der Waals surface area contributed by atoms with Crippen molar-refractivity contribution in [2.45, 2.75) is 33.4 Å². The molecule has 0 spiro atoms. The highest BCUT2D eigenvalue weighted by Gasteiger charge is 2.06. The summed E-state index contributed by atoms with van der Waals surface area (Å²) >= 11 is 0. The third-order valence-electron chi connectivity index (χ3n) is 3.32. The highest BCUT2D eigenvalue weighted by atomic mass is 16.5. The fourth-order valence-corrected chi connectivity index (χ4v) is 2.16. The molecule has 2 aromatic rings. The molecule has 4 nitrogen and oxygen atoms in total. The molecule has 0 aliphatic rings. The van der Waals surface area contributed by atoms with Gasteiger partial charge in [-0.15, -0.1) is 0 Å². The van der Waals surface area contributed by atoms with Crippen molar-refractivity contribution in [1.82, 2.24) is 4.98 Å². The number of benzene rings is 1. The molecule has 0 radical (unpaired) electrons. The molecular weight excluding hydrogens is 264 g/mol. The molecule has 2 rings (SSSR count). The molecule has 0 fully saturated rings. The summed E-state index contributed by atoms with van der Waals surface area (Å²) in [6.07, 6.45) is 0. The molecule has 0 unspecified atom stereocenters. The van der Waals surface area contributed by atoms with Gasteiger partial charge in [0.15, 0.2) is 0 Å². The van der Waals surface area contributed by atoms with Crippen molar-refractivity contribution in [2.24, 2.45) is 5.73 Å². The standard InChI is InChI=1S/C17H22N2O2/c1-11-7-14(13(3)18)5-6-17(11)21-10-15-9-16(20-4)8-12(2)19-15/h5-9,13H,10,18H2,1-4H3/t13-/m1/s1. The Kier molecular flexibility index (Phi) is 4.81. The number of aryl methyl sites for hydroxylation is 2. The second-order valence-corrected chi connectivity index (χ2v) is 5.24. The predicted octanol–water partition coefficient (Wildman–Crippen LogP) is 3.31. The van der Waals surface area contributed by atoms with Crippen molar-refractivity contribution in [2.75, 3.05) is 7.11 Å². The molecule has 1 aromatic carbocycles. The van der Waals surface area contributed by atoms with E-state index >= 15 is 0 Å². The molecule has 21 heavy (non-hydrogen) atoms. The Balaban J connectivity index is 2.11. The van der Waals surface area contributed by atoms with Crippen molar-refractivity contribution in [3.8, 4) is 11.5 Å². The summed E-state index contributed by atoms with van der Waals surface area (Å²) in [7, 11) is 1.65. The van der Waals surface area contributed by atoms with Gasteiger partial charge in [-0.3, -0.25) is 4.98 Å². The van der Waals surface area contributed by atoms with E-state index < -0.39 is 0 Å². The van der Waals surface area contributed by atoms with Crippen molar-refractivity contribution in [3.63, 3.8) is 0 Å². The van der Waals surface area contributed by atoms with Gasteiger partial charge in [-0.05, 0) is 38.0 Å². The van der Waals surface area contributed by atoms with Gasteiger partial charge in [0, 0.05) is 23.9 Å².